The van der Waals surface area contributed by atoms with Crippen LogP contribution in [0.2, 0.25) is 0 Å². The Morgan fingerprint density at radius 2 is 2.32 bits per heavy atom. The van der Waals surface area contributed by atoms with E-state index < -0.39 is 0 Å². The number of fused-ring (bicyclic) bond motifs is 2. The molecule has 6 nitrogen and oxygen atoms in total. The molecule has 1 unspecified atom stereocenters. The fraction of sp³-hybridized carbons (Fsp3) is 0.400. The standard InChI is InChI=1S/C15H16FN5O/c1-9-19-20-13-6-5-10(8-21(9)13)7-17-15-18-12-4-2-3-11(16)14(12)22-15/h2-4,10H,5-8H2,1H3,(H,17,18). The Morgan fingerprint density at radius 3 is 3.18 bits per heavy atom. The average Bonchev–Trinajstić information content (AvgIpc) is 3.10. The van der Waals surface area contributed by atoms with Crippen molar-refractivity contribution in [2.24, 2.45) is 5.92 Å². The molecule has 2 aromatic heterocycles. The Kier molecular flexibility index (Phi) is 3.06. The number of benzene rings is 1. The van der Waals surface area contributed by atoms with E-state index in [1.54, 1.807) is 12.1 Å². The van der Waals surface area contributed by atoms with Crippen molar-refractivity contribution in [1.82, 2.24) is 19.7 Å². The van der Waals surface area contributed by atoms with Crippen molar-refractivity contribution >= 4 is 17.1 Å². The molecule has 3 aromatic rings. The van der Waals surface area contributed by atoms with Crippen molar-refractivity contribution in [3.8, 4) is 0 Å². The largest absolute Gasteiger partial charge is 0.420 e. The van der Waals surface area contributed by atoms with E-state index in [9.17, 15) is 4.39 Å². The van der Waals surface area contributed by atoms with Gasteiger partial charge in [0.25, 0.3) is 6.01 Å². The van der Waals surface area contributed by atoms with Gasteiger partial charge in [-0.2, -0.15) is 4.98 Å². The van der Waals surface area contributed by atoms with Gasteiger partial charge in [-0.05, 0) is 31.4 Å². The van der Waals surface area contributed by atoms with Crippen LogP contribution in [0.3, 0.4) is 0 Å². The van der Waals surface area contributed by atoms with E-state index in [0.717, 1.165) is 37.6 Å². The van der Waals surface area contributed by atoms with Crippen LogP contribution in [-0.2, 0) is 13.0 Å². The topological polar surface area (TPSA) is 68.8 Å². The third kappa shape index (κ3) is 2.22. The van der Waals surface area contributed by atoms with E-state index in [2.05, 4.69) is 25.1 Å². The van der Waals surface area contributed by atoms with Crippen LogP contribution >= 0.6 is 0 Å². The molecular weight excluding hydrogens is 285 g/mol. The summed E-state index contributed by atoms with van der Waals surface area (Å²) in [5.41, 5.74) is 0.730. The minimum Gasteiger partial charge on any atom is -0.420 e. The third-order valence-corrected chi connectivity index (χ3v) is 4.14. The summed E-state index contributed by atoms with van der Waals surface area (Å²) in [5.74, 6) is 2.06. The molecule has 7 heteroatoms. The van der Waals surface area contributed by atoms with Gasteiger partial charge in [0.2, 0.25) is 0 Å². The molecule has 22 heavy (non-hydrogen) atoms. The van der Waals surface area contributed by atoms with Gasteiger partial charge in [0, 0.05) is 19.5 Å². The first-order chi connectivity index (χ1) is 10.7. The molecule has 0 radical (unpaired) electrons. The van der Waals surface area contributed by atoms with Gasteiger partial charge < -0.3 is 14.3 Å². The lowest BCUT2D eigenvalue weighted by Gasteiger charge is -2.23. The van der Waals surface area contributed by atoms with Gasteiger partial charge in [0.1, 0.15) is 17.2 Å². The summed E-state index contributed by atoms with van der Waals surface area (Å²) in [6.45, 7) is 3.58. The normalized spacial score (nSPS) is 17.6. The number of anilines is 1. The number of nitrogens with one attached hydrogen (secondary N) is 1. The van der Waals surface area contributed by atoms with Gasteiger partial charge in [-0.15, -0.1) is 10.2 Å². The number of halogens is 1. The molecule has 0 aliphatic carbocycles. The zero-order valence-corrected chi connectivity index (χ0v) is 12.2. The van der Waals surface area contributed by atoms with Crippen LogP contribution in [0.15, 0.2) is 22.6 Å². The maximum absolute atomic E-state index is 13.6. The predicted octanol–water partition coefficient (Wildman–Crippen LogP) is 2.54. The quantitative estimate of drug-likeness (QED) is 0.805. The second kappa shape index (κ2) is 5.08. The van der Waals surface area contributed by atoms with Gasteiger partial charge in [0.15, 0.2) is 11.4 Å². The van der Waals surface area contributed by atoms with Crippen LogP contribution in [0.4, 0.5) is 10.4 Å². The van der Waals surface area contributed by atoms with Crippen molar-refractivity contribution in [3.05, 3.63) is 35.7 Å². The molecule has 0 bridgehead atoms. The van der Waals surface area contributed by atoms with E-state index >= 15 is 0 Å². The number of aryl methyl sites for hydroxylation is 2. The first-order valence-electron chi connectivity index (χ1n) is 7.38. The highest BCUT2D eigenvalue weighted by molar-refractivity contribution is 5.74. The van der Waals surface area contributed by atoms with Crippen molar-refractivity contribution < 1.29 is 8.81 Å². The fourth-order valence-electron chi connectivity index (χ4n) is 2.92. The Bertz CT molecular complexity index is 825. The molecule has 114 valence electrons. The Labute approximate surface area is 126 Å². The SMILES string of the molecule is Cc1nnc2n1CC(CNc1nc3cccc(F)c3o1)CC2. The Balaban J connectivity index is 1.46. The number of aromatic nitrogens is 4. The van der Waals surface area contributed by atoms with E-state index in [4.69, 9.17) is 4.42 Å². The maximum Gasteiger partial charge on any atom is 0.295 e. The lowest BCUT2D eigenvalue weighted by molar-refractivity contribution is 0.374. The van der Waals surface area contributed by atoms with Crippen molar-refractivity contribution in [3.63, 3.8) is 0 Å². The first-order valence-corrected chi connectivity index (χ1v) is 7.38. The minimum absolute atomic E-state index is 0.200. The molecule has 1 aliphatic rings. The van der Waals surface area contributed by atoms with E-state index in [0.29, 0.717) is 17.4 Å². The van der Waals surface area contributed by atoms with Crippen LogP contribution < -0.4 is 5.32 Å². The molecular formula is C15H16FN5O. The smallest absolute Gasteiger partial charge is 0.295 e. The van der Waals surface area contributed by atoms with Crippen LogP contribution in [0.1, 0.15) is 18.1 Å². The summed E-state index contributed by atoms with van der Waals surface area (Å²) in [7, 11) is 0. The van der Waals surface area contributed by atoms with E-state index in [1.165, 1.54) is 6.07 Å². The number of para-hydroxylation sites is 1. The number of nitrogens with zero attached hydrogens (tertiary/aromatic N) is 4. The lowest BCUT2D eigenvalue weighted by Crippen LogP contribution is -2.26. The van der Waals surface area contributed by atoms with Crippen LogP contribution in [0.25, 0.3) is 11.1 Å². The molecule has 1 aliphatic heterocycles. The number of hydrogen-bond acceptors (Lipinski definition) is 5. The van der Waals surface area contributed by atoms with Crippen molar-refractivity contribution in [1.29, 1.82) is 0 Å². The van der Waals surface area contributed by atoms with Crippen molar-refractivity contribution in [2.45, 2.75) is 26.3 Å². The highest BCUT2D eigenvalue weighted by Crippen LogP contribution is 2.23. The van der Waals surface area contributed by atoms with Crippen LogP contribution in [-0.4, -0.2) is 26.3 Å². The predicted molar refractivity (Wildman–Crippen MR) is 79.0 cm³/mol. The zero-order valence-electron chi connectivity index (χ0n) is 12.2. The average molecular weight is 301 g/mol. The monoisotopic (exact) mass is 301 g/mol. The lowest BCUT2D eigenvalue weighted by atomic mass is 9.99. The summed E-state index contributed by atoms with van der Waals surface area (Å²) >= 11 is 0. The summed E-state index contributed by atoms with van der Waals surface area (Å²) in [5, 5.41) is 11.5. The highest BCUT2D eigenvalue weighted by Gasteiger charge is 2.22. The number of rotatable bonds is 3. The Hall–Kier alpha value is -2.44. The molecule has 1 atom stereocenters. The molecule has 1 N–H and O–H groups in total. The molecule has 0 spiro atoms. The van der Waals surface area contributed by atoms with Gasteiger partial charge >= 0.3 is 0 Å². The van der Waals surface area contributed by atoms with Crippen LogP contribution in [0, 0.1) is 18.7 Å². The first kappa shape index (κ1) is 13.2. The van der Waals surface area contributed by atoms with E-state index in [-0.39, 0.29) is 11.4 Å². The Morgan fingerprint density at radius 1 is 1.41 bits per heavy atom. The van der Waals surface area contributed by atoms with Gasteiger partial charge in [0.05, 0.1) is 0 Å². The minimum atomic E-state index is -0.388. The summed E-state index contributed by atoms with van der Waals surface area (Å²) in [6.07, 6.45) is 1.97. The van der Waals surface area contributed by atoms with Gasteiger partial charge in [-0.25, -0.2) is 4.39 Å². The maximum atomic E-state index is 13.6. The highest BCUT2D eigenvalue weighted by atomic mass is 19.1. The van der Waals surface area contributed by atoms with Crippen molar-refractivity contribution in [2.75, 3.05) is 11.9 Å². The molecule has 0 amide bonds. The molecule has 1 aromatic carbocycles. The fourth-order valence-corrected chi connectivity index (χ4v) is 2.92. The summed E-state index contributed by atoms with van der Waals surface area (Å²) in [4.78, 5) is 4.26. The number of hydrogen-bond donors (Lipinski definition) is 1. The van der Waals surface area contributed by atoms with Gasteiger partial charge in [-0.3, -0.25) is 0 Å². The van der Waals surface area contributed by atoms with Crippen LogP contribution in [0.5, 0.6) is 0 Å². The molecule has 4 rings (SSSR count). The third-order valence-electron chi connectivity index (χ3n) is 4.14. The van der Waals surface area contributed by atoms with E-state index in [1.807, 2.05) is 6.92 Å². The molecule has 3 heterocycles. The number of oxazole rings is 1. The summed E-state index contributed by atoms with van der Waals surface area (Å²) in [6, 6.07) is 5.10. The molecule has 0 saturated heterocycles. The second-order valence-electron chi connectivity index (χ2n) is 5.67. The zero-order chi connectivity index (χ0) is 15.1. The molecule has 0 saturated carbocycles. The second-order valence-corrected chi connectivity index (χ2v) is 5.67. The molecule has 0 fully saturated rings. The van der Waals surface area contributed by atoms with Gasteiger partial charge in [-0.1, -0.05) is 6.07 Å². The summed E-state index contributed by atoms with van der Waals surface area (Å²) < 4.78 is 21.2.